The van der Waals surface area contributed by atoms with Crippen LogP contribution in [-0.4, -0.2) is 19.1 Å². The first-order valence-electron chi connectivity index (χ1n) is 6.23. The number of carbonyl (C=O) groups is 1. The van der Waals surface area contributed by atoms with Crippen molar-refractivity contribution in [3.63, 3.8) is 0 Å². The van der Waals surface area contributed by atoms with Crippen molar-refractivity contribution in [3.8, 4) is 0 Å². The second-order valence-electron chi connectivity index (χ2n) is 4.22. The largest absolute Gasteiger partial charge is 0.458 e. The van der Waals surface area contributed by atoms with Gasteiger partial charge in [-0.3, -0.25) is 0 Å². The number of carbonyl (C=O) groups excluding carboxylic acids is 1. The summed E-state index contributed by atoms with van der Waals surface area (Å²) in [5.74, 6) is -0.193. The molecule has 0 radical (unpaired) electrons. The normalized spacial score (nSPS) is 10.4. The van der Waals surface area contributed by atoms with Crippen molar-refractivity contribution in [2.45, 2.75) is 13.5 Å². The summed E-state index contributed by atoms with van der Waals surface area (Å²) >= 11 is 0. The lowest BCUT2D eigenvalue weighted by Crippen LogP contribution is -2.21. The summed E-state index contributed by atoms with van der Waals surface area (Å²) in [6.07, 6.45) is 1.45. The summed E-state index contributed by atoms with van der Waals surface area (Å²) in [6.45, 7) is 3.78. The van der Waals surface area contributed by atoms with E-state index >= 15 is 0 Å². The Bertz CT molecular complexity index is 520. The van der Waals surface area contributed by atoms with Gasteiger partial charge >= 0.3 is 5.97 Å². The van der Waals surface area contributed by atoms with Gasteiger partial charge in [-0.25, -0.2) is 4.79 Å². The number of hydrogen-bond acceptors (Lipinski definition) is 4. The number of nitrogens with one attached hydrogen (secondary N) is 1. The fraction of sp³-hybridized carbons (Fsp3) is 0.267. The van der Waals surface area contributed by atoms with Crippen LogP contribution >= 0.6 is 0 Å². The zero-order valence-electron chi connectivity index (χ0n) is 10.9. The lowest BCUT2D eigenvalue weighted by molar-refractivity contribution is 0.0472. The topological polar surface area (TPSA) is 51.5 Å². The van der Waals surface area contributed by atoms with E-state index < -0.39 is 5.97 Å². The summed E-state index contributed by atoms with van der Waals surface area (Å²) in [5, 5.41) is 3.24. The molecule has 100 valence electrons. The molecule has 4 nitrogen and oxygen atoms in total. The molecule has 0 saturated carbocycles. The van der Waals surface area contributed by atoms with Gasteiger partial charge in [-0.05, 0) is 30.2 Å². The highest BCUT2D eigenvalue weighted by Gasteiger charge is 2.08. The lowest BCUT2D eigenvalue weighted by Gasteiger charge is -2.07. The number of furan rings is 1. The number of esters is 1. The minimum atomic E-state index is -0.428. The molecule has 0 spiro atoms. The first-order chi connectivity index (χ1) is 9.27. The Morgan fingerprint density at radius 2 is 2.11 bits per heavy atom. The number of rotatable bonds is 6. The summed E-state index contributed by atoms with van der Waals surface area (Å²) in [6, 6.07) is 11.4. The predicted molar refractivity (Wildman–Crippen MR) is 71.9 cm³/mol. The van der Waals surface area contributed by atoms with E-state index in [-0.39, 0.29) is 5.76 Å². The van der Waals surface area contributed by atoms with E-state index in [9.17, 15) is 4.79 Å². The molecule has 0 aliphatic rings. The van der Waals surface area contributed by atoms with Gasteiger partial charge in [0.25, 0.3) is 0 Å². The quantitative estimate of drug-likeness (QED) is 0.640. The van der Waals surface area contributed by atoms with Gasteiger partial charge in [0.1, 0.15) is 6.61 Å². The van der Waals surface area contributed by atoms with E-state index in [0.717, 1.165) is 6.54 Å². The predicted octanol–water partition coefficient (Wildman–Crippen LogP) is 2.53. The van der Waals surface area contributed by atoms with E-state index in [4.69, 9.17) is 9.15 Å². The fourth-order valence-corrected chi connectivity index (χ4v) is 1.71. The Morgan fingerprint density at radius 1 is 1.26 bits per heavy atom. The Morgan fingerprint density at radius 3 is 2.84 bits per heavy atom. The van der Waals surface area contributed by atoms with Crippen LogP contribution in [0.25, 0.3) is 0 Å². The fourth-order valence-electron chi connectivity index (χ4n) is 1.71. The van der Waals surface area contributed by atoms with Crippen molar-refractivity contribution in [1.82, 2.24) is 5.32 Å². The maximum Gasteiger partial charge on any atom is 0.374 e. The van der Waals surface area contributed by atoms with Crippen molar-refractivity contribution in [2.75, 3.05) is 13.2 Å². The molecular weight excluding hydrogens is 242 g/mol. The Labute approximate surface area is 112 Å². The molecule has 19 heavy (non-hydrogen) atoms. The highest BCUT2D eigenvalue weighted by molar-refractivity contribution is 5.86. The molecule has 0 aliphatic carbocycles. The van der Waals surface area contributed by atoms with Gasteiger partial charge < -0.3 is 14.5 Å². The standard InChI is InChI=1S/C15H17NO3/c1-12-5-2-3-6-13(12)11-16-8-10-19-15(17)14-7-4-9-18-14/h2-7,9,16H,8,10-11H2,1H3. The number of aryl methyl sites for hydroxylation is 1. The third-order valence-corrected chi connectivity index (χ3v) is 2.81. The van der Waals surface area contributed by atoms with E-state index in [0.29, 0.717) is 13.2 Å². The second kappa shape index (κ2) is 6.75. The maximum atomic E-state index is 11.4. The maximum absolute atomic E-state index is 11.4. The zero-order valence-corrected chi connectivity index (χ0v) is 10.9. The van der Waals surface area contributed by atoms with Crippen LogP contribution in [0.15, 0.2) is 47.1 Å². The SMILES string of the molecule is Cc1ccccc1CNCCOC(=O)c1ccco1. The average molecular weight is 259 g/mol. The van der Waals surface area contributed by atoms with Gasteiger partial charge in [-0.2, -0.15) is 0 Å². The van der Waals surface area contributed by atoms with Crippen LogP contribution in [0.4, 0.5) is 0 Å². The number of ether oxygens (including phenoxy) is 1. The summed E-state index contributed by atoms with van der Waals surface area (Å²) < 4.78 is 10.0. The Balaban J connectivity index is 1.65. The van der Waals surface area contributed by atoms with Crippen molar-refractivity contribution >= 4 is 5.97 Å². The van der Waals surface area contributed by atoms with Crippen molar-refractivity contribution in [2.24, 2.45) is 0 Å². The first-order valence-corrected chi connectivity index (χ1v) is 6.23. The molecule has 1 aromatic carbocycles. The van der Waals surface area contributed by atoms with E-state index in [1.165, 1.54) is 17.4 Å². The first kappa shape index (κ1) is 13.4. The van der Waals surface area contributed by atoms with Gasteiger partial charge in [0, 0.05) is 13.1 Å². The van der Waals surface area contributed by atoms with Crippen LogP contribution < -0.4 is 5.32 Å². The second-order valence-corrected chi connectivity index (χ2v) is 4.22. The molecular formula is C15H17NO3. The van der Waals surface area contributed by atoms with Gasteiger partial charge in [0.2, 0.25) is 5.76 Å². The van der Waals surface area contributed by atoms with Crippen LogP contribution in [-0.2, 0) is 11.3 Å². The average Bonchev–Trinajstić information content (AvgIpc) is 2.94. The Kier molecular flexibility index (Phi) is 4.75. The Hall–Kier alpha value is -2.07. The zero-order chi connectivity index (χ0) is 13.5. The molecule has 4 heteroatoms. The van der Waals surface area contributed by atoms with Gasteiger partial charge in [-0.15, -0.1) is 0 Å². The van der Waals surface area contributed by atoms with Crippen molar-refractivity contribution in [3.05, 3.63) is 59.5 Å². The third kappa shape index (κ3) is 3.96. The van der Waals surface area contributed by atoms with Crippen molar-refractivity contribution < 1.29 is 13.9 Å². The van der Waals surface area contributed by atoms with E-state index in [2.05, 4.69) is 24.4 Å². The lowest BCUT2D eigenvalue weighted by atomic mass is 10.1. The molecule has 1 heterocycles. The van der Waals surface area contributed by atoms with Gasteiger partial charge in [-0.1, -0.05) is 24.3 Å². The highest BCUT2D eigenvalue weighted by atomic mass is 16.5. The van der Waals surface area contributed by atoms with Gasteiger partial charge in [0.15, 0.2) is 0 Å². The molecule has 0 fully saturated rings. The van der Waals surface area contributed by atoms with E-state index in [1.54, 1.807) is 12.1 Å². The minimum Gasteiger partial charge on any atom is -0.458 e. The molecule has 2 aromatic rings. The smallest absolute Gasteiger partial charge is 0.374 e. The highest BCUT2D eigenvalue weighted by Crippen LogP contribution is 2.06. The third-order valence-electron chi connectivity index (χ3n) is 2.81. The summed E-state index contributed by atoms with van der Waals surface area (Å²) in [5.41, 5.74) is 2.50. The molecule has 2 rings (SSSR count). The molecule has 0 atom stereocenters. The van der Waals surface area contributed by atoms with Crippen LogP contribution in [0, 0.1) is 6.92 Å². The molecule has 0 bridgehead atoms. The number of hydrogen-bond donors (Lipinski definition) is 1. The van der Waals surface area contributed by atoms with E-state index in [1.807, 2.05) is 12.1 Å². The number of benzene rings is 1. The van der Waals surface area contributed by atoms with Crippen LogP contribution in [0.2, 0.25) is 0 Å². The summed E-state index contributed by atoms with van der Waals surface area (Å²) in [7, 11) is 0. The molecule has 0 saturated heterocycles. The van der Waals surface area contributed by atoms with Gasteiger partial charge in [0.05, 0.1) is 6.26 Å². The molecule has 1 N–H and O–H groups in total. The molecule has 0 amide bonds. The van der Waals surface area contributed by atoms with Crippen LogP contribution in [0.1, 0.15) is 21.7 Å². The minimum absolute atomic E-state index is 0.235. The monoisotopic (exact) mass is 259 g/mol. The van der Waals surface area contributed by atoms with Crippen LogP contribution in [0.5, 0.6) is 0 Å². The summed E-state index contributed by atoms with van der Waals surface area (Å²) in [4.78, 5) is 11.4. The molecule has 0 unspecified atom stereocenters. The molecule has 0 aliphatic heterocycles. The molecule has 1 aromatic heterocycles. The van der Waals surface area contributed by atoms with Crippen LogP contribution in [0.3, 0.4) is 0 Å². The van der Waals surface area contributed by atoms with Crippen molar-refractivity contribution in [1.29, 1.82) is 0 Å².